The maximum atomic E-state index is 10.3. The van der Waals surface area contributed by atoms with Crippen LogP contribution in [0.15, 0.2) is 24.3 Å². The Labute approximate surface area is 125 Å². The van der Waals surface area contributed by atoms with E-state index < -0.39 is 0 Å². The third-order valence-corrected chi connectivity index (χ3v) is 3.97. The highest BCUT2D eigenvalue weighted by molar-refractivity contribution is 5.77. The van der Waals surface area contributed by atoms with Gasteiger partial charge < -0.3 is 15.3 Å². The van der Waals surface area contributed by atoms with E-state index in [-0.39, 0.29) is 17.2 Å². The molecule has 2 aromatic rings. The molecule has 3 N–H and O–H groups in total. The molecule has 0 radical (unpaired) electrons. The molecule has 0 aliphatic heterocycles. The number of aromatic hydroxyl groups is 3. The van der Waals surface area contributed by atoms with Crippen molar-refractivity contribution in [2.45, 2.75) is 40.0 Å². The Bertz CT molecular complexity index is 660. The number of rotatable bonds is 4. The van der Waals surface area contributed by atoms with Crippen molar-refractivity contribution < 1.29 is 15.3 Å². The zero-order chi connectivity index (χ0) is 15.6. The standard InChI is InChI=1S/C18H22O3/c1-4-12-13(5-2)15(10-18(21)14(12)6-3)16-9-11(19)7-8-17(16)20/h7-10,19-21H,4-6H2,1-3H3. The maximum Gasteiger partial charge on any atom is 0.123 e. The Balaban J connectivity index is 2.80. The van der Waals surface area contributed by atoms with Crippen LogP contribution in [0.25, 0.3) is 11.1 Å². The van der Waals surface area contributed by atoms with Crippen molar-refractivity contribution in [3.8, 4) is 28.4 Å². The molecule has 0 atom stereocenters. The minimum atomic E-state index is 0.0990. The molecule has 0 bridgehead atoms. The second-order valence-electron chi connectivity index (χ2n) is 5.14. The number of hydrogen-bond acceptors (Lipinski definition) is 3. The molecule has 0 saturated carbocycles. The summed E-state index contributed by atoms with van der Waals surface area (Å²) in [5, 5.41) is 30.1. The molecule has 2 rings (SSSR count). The fraction of sp³-hybridized carbons (Fsp3) is 0.333. The third-order valence-electron chi connectivity index (χ3n) is 3.97. The second kappa shape index (κ2) is 6.08. The average molecular weight is 286 g/mol. The second-order valence-corrected chi connectivity index (χ2v) is 5.14. The maximum absolute atomic E-state index is 10.3. The van der Waals surface area contributed by atoms with Crippen molar-refractivity contribution in [2.75, 3.05) is 0 Å². The number of benzene rings is 2. The van der Waals surface area contributed by atoms with Crippen molar-refractivity contribution in [1.82, 2.24) is 0 Å². The normalized spacial score (nSPS) is 10.8. The topological polar surface area (TPSA) is 60.7 Å². The first-order valence-corrected chi connectivity index (χ1v) is 7.42. The van der Waals surface area contributed by atoms with Gasteiger partial charge in [-0.1, -0.05) is 20.8 Å². The Hall–Kier alpha value is -2.16. The van der Waals surface area contributed by atoms with Gasteiger partial charge in [0.2, 0.25) is 0 Å². The monoisotopic (exact) mass is 286 g/mol. The minimum Gasteiger partial charge on any atom is -0.508 e. The molecule has 0 unspecified atom stereocenters. The van der Waals surface area contributed by atoms with Gasteiger partial charge in [-0.05, 0) is 65.8 Å². The molecule has 2 aromatic carbocycles. The van der Waals surface area contributed by atoms with Crippen LogP contribution < -0.4 is 0 Å². The SMILES string of the molecule is CCc1c(O)cc(-c2cc(O)ccc2O)c(CC)c1CC. The van der Waals surface area contributed by atoms with Gasteiger partial charge in [0, 0.05) is 5.56 Å². The molecule has 0 aromatic heterocycles. The first-order chi connectivity index (χ1) is 10.0. The number of hydrogen-bond donors (Lipinski definition) is 3. The summed E-state index contributed by atoms with van der Waals surface area (Å²) in [7, 11) is 0. The highest BCUT2D eigenvalue weighted by atomic mass is 16.3. The number of phenolic OH excluding ortho intramolecular Hbond substituents is 3. The quantitative estimate of drug-likeness (QED) is 0.740. The van der Waals surface area contributed by atoms with Crippen LogP contribution >= 0.6 is 0 Å². The summed E-state index contributed by atoms with van der Waals surface area (Å²) >= 11 is 0. The third kappa shape index (κ3) is 2.68. The molecule has 3 heteroatoms. The van der Waals surface area contributed by atoms with Gasteiger partial charge in [-0.25, -0.2) is 0 Å². The summed E-state index contributed by atoms with van der Waals surface area (Å²) in [6.45, 7) is 6.16. The van der Waals surface area contributed by atoms with E-state index in [4.69, 9.17) is 0 Å². The van der Waals surface area contributed by atoms with Crippen LogP contribution in [0.2, 0.25) is 0 Å². The molecule has 0 aliphatic carbocycles. The summed E-state index contributed by atoms with van der Waals surface area (Å²) in [6.07, 6.45) is 2.41. The molecule has 0 fully saturated rings. The fourth-order valence-corrected chi connectivity index (χ4v) is 3.02. The Morgan fingerprint density at radius 2 is 1.29 bits per heavy atom. The smallest absolute Gasteiger partial charge is 0.123 e. The molecule has 3 nitrogen and oxygen atoms in total. The largest absolute Gasteiger partial charge is 0.508 e. The van der Waals surface area contributed by atoms with Crippen molar-refractivity contribution in [2.24, 2.45) is 0 Å². The molecule has 0 saturated heterocycles. The molecule has 0 spiro atoms. The Morgan fingerprint density at radius 1 is 0.667 bits per heavy atom. The lowest BCUT2D eigenvalue weighted by Crippen LogP contribution is -2.01. The van der Waals surface area contributed by atoms with Gasteiger partial charge >= 0.3 is 0 Å². The van der Waals surface area contributed by atoms with E-state index in [0.717, 1.165) is 41.5 Å². The van der Waals surface area contributed by atoms with E-state index >= 15 is 0 Å². The van der Waals surface area contributed by atoms with Crippen molar-refractivity contribution in [3.05, 3.63) is 41.0 Å². The van der Waals surface area contributed by atoms with Gasteiger partial charge in [0.25, 0.3) is 0 Å². The van der Waals surface area contributed by atoms with E-state index in [1.807, 2.05) is 6.92 Å². The van der Waals surface area contributed by atoms with Crippen LogP contribution in [0.4, 0.5) is 0 Å². The summed E-state index contributed by atoms with van der Waals surface area (Å²) in [5.41, 5.74) is 4.57. The molecular formula is C18H22O3. The summed E-state index contributed by atoms with van der Waals surface area (Å²) < 4.78 is 0. The van der Waals surface area contributed by atoms with Crippen LogP contribution in [0.3, 0.4) is 0 Å². The molecule has 21 heavy (non-hydrogen) atoms. The molecular weight excluding hydrogens is 264 g/mol. The zero-order valence-electron chi connectivity index (χ0n) is 12.8. The summed E-state index contributed by atoms with van der Waals surface area (Å²) in [6, 6.07) is 6.16. The van der Waals surface area contributed by atoms with Crippen LogP contribution in [-0.4, -0.2) is 15.3 Å². The van der Waals surface area contributed by atoms with Gasteiger partial charge in [0.05, 0.1) is 0 Å². The zero-order valence-corrected chi connectivity index (χ0v) is 12.8. The van der Waals surface area contributed by atoms with Gasteiger partial charge in [-0.15, -0.1) is 0 Å². The van der Waals surface area contributed by atoms with E-state index in [9.17, 15) is 15.3 Å². The lowest BCUT2D eigenvalue weighted by atomic mass is 9.87. The van der Waals surface area contributed by atoms with E-state index in [2.05, 4.69) is 13.8 Å². The van der Waals surface area contributed by atoms with Gasteiger partial charge in [0.15, 0.2) is 0 Å². The van der Waals surface area contributed by atoms with E-state index in [1.54, 1.807) is 6.07 Å². The van der Waals surface area contributed by atoms with E-state index in [0.29, 0.717) is 5.56 Å². The highest BCUT2D eigenvalue weighted by Crippen LogP contribution is 2.40. The van der Waals surface area contributed by atoms with Crippen LogP contribution in [-0.2, 0) is 19.3 Å². The minimum absolute atomic E-state index is 0.0990. The van der Waals surface area contributed by atoms with Gasteiger partial charge in [-0.2, -0.15) is 0 Å². The molecule has 0 heterocycles. The summed E-state index contributed by atoms with van der Waals surface area (Å²) in [5.74, 6) is 0.458. The Morgan fingerprint density at radius 3 is 1.86 bits per heavy atom. The van der Waals surface area contributed by atoms with Crippen LogP contribution in [0, 0.1) is 0 Å². The predicted octanol–water partition coefficient (Wildman–Crippen LogP) is 4.16. The van der Waals surface area contributed by atoms with Gasteiger partial charge in [0.1, 0.15) is 17.2 Å². The lowest BCUT2D eigenvalue weighted by molar-refractivity contribution is 0.461. The lowest BCUT2D eigenvalue weighted by Gasteiger charge is -2.19. The molecule has 0 amide bonds. The molecule has 0 aliphatic rings. The summed E-state index contributed by atoms with van der Waals surface area (Å²) in [4.78, 5) is 0. The van der Waals surface area contributed by atoms with Crippen molar-refractivity contribution in [1.29, 1.82) is 0 Å². The first kappa shape index (κ1) is 15.2. The van der Waals surface area contributed by atoms with Crippen LogP contribution in [0.1, 0.15) is 37.5 Å². The number of phenols is 3. The Kier molecular flexibility index (Phi) is 4.41. The van der Waals surface area contributed by atoms with Gasteiger partial charge in [-0.3, -0.25) is 0 Å². The van der Waals surface area contributed by atoms with Crippen molar-refractivity contribution >= 4 is 0 Å². The average Bonchev–Trinajstić information content (AvgIpc) is 2.48. The predicted molar refractivity (Wildman–Crippen MR) is 85.0 cm³/mol. The highest BCUT2D eigenvalue weighted by Gasteiger charge is 2.17. The fourth-order valence-electron chi connectivity index (χ4n) is 3.02. The first-order valence-electron chi connectivity index (χ1n) is 7.42. The van der Waals surface area contributed by atoms with E-state index in [1.165, 1.54) is 18.2 Å². The van der Waals surface area contributed by atoms with Crippen molar-refractivity contribution in [3.63, 3.8) is 0 Å². The molecule has 112 valence electrons. The van der Waals surface area contributed by atoms with Crippen LogP contribution in [0.5, 0.6) is 17.2 Å².